The third-order valence-corrected chi connectivity index (χ3v) is 4.02. The molecule has 0 unspecified atom stereocenters. The van der Waals surface area contributed by atoms with Crippen LogP contribution in [0.5, 0.6) is 0 Å². The molecule has 2 aromatic rings. The van der Waals surface area contributed by atoms with Crippen LogP contribution in [0.2, 0.25) is 0 Å². The molecule has 0 amide bonds. The Hall–Kier alpha value is -0.390. The average Bonchev–Trinajstić information content (AvgIpc) is 2.74. The molecule has 0 saturated carbocycles. The van der Waals surface area contributed by atoms with Crippen molar-refractivity contribution < 1.29 is 4.52 Å². The van der Waals surface area contributed by atoms with Crippen LogP contribution in [0, 0.1) is 6.92 Å². The van der Waals surface area contributed by atoms with Crippen LogP contribution in [-0.4, -0.2) is 10.1 Å². The van der Waals surface area contributed by atoms with E-state index in [4.69, 9.17) is 16.1 Å². The SMILES string of the molecule is Cc1cc(-c2nc(CCl)no2)sc1Br. The molecule has 0 spiro atoms. The molecule has 2 aromatic heterocycles. The van der Waals surface area contributed by atoms with E-state index in [0.717, 1.165) is 14.2 Å². The number of aryl methyl sites for hydroxylation is 1. The van der Waals surface area contributed by atoms with E-state index in [-0.39, 0.29) is 5.88 Å². The first-order valence-corrected chi connectivity index (χ1v) is 6.00. The summed E-state index contributed by atoms with van der Waals surface area (Å²) in [6, 6.07) is 2.00. The Morgan fingerprint density at radius 2 is 2.43 bits per heavy atom. The Kier molecular flexibility index (Phi) is 2.90. The highest BCUT2D eigenvalue weighted by molar-refractivity contribution is 9.11. The molecule has 2 rings (SSSR count). The lowest BCUT2D eigenvalue weighted by Crippen LogP contribution is -1.78. The quantitative estimate of drug-likeness (QED) is 0.794. The molecule has 0 radical (unpaired) electrons. The highest BCUT2D eigenvalue weighted by atomic mass is 79.9. The Balaban J connectivity index is 2.39. The summed E-state index contributed by atoms with van der Waals surface area (Å²) in [6.07, 6.45) is 0. The molecule has 0 aliphatic heterocycles. The van der Waals surface area contributed by atoms with Crippen molar-refractivity contribution >= 4 is 38.9 Å². The first kappa shape index (κ1) is 10.1. The highest BCUT2D eigenvalue weighted by Gasteiger charge is 2.12. The lowest BCUT2D eigenvalue weighted by atomic mass is 10.3. The number of alkyl halides is 1. The molecule has 0 aliphatic rings. The van der Waals surface area contributed by atoms with E-state index >= 15 is 0 Å². The summed E-state index contributed by atoms with van der Waals surface area (Å²) in [5.41, 5.74) is 1.16. The molecule has 2 heterocycles. The summed E-state index contributed by atoms with van der Waals surface area (Å²) in [7, 11) is 0. The van der Waals surface area contributed by atoms with Crippen LogP contribution >= 0.6 is 38.9 Å². The van der Waals surface area contributed by atoms with Crippen LogP contribution in [-0.2, 0) is 5.88 Å². The maximum absolute atomic E-state index is 5.57. The van der Waals surface area contributed by atoms with Crippen molar-refractivity contribution in [3.63, 3.8) is 0 Å². The fraction of sp³-hybridized carbons (Fsp3) is 0.250. The summed E-state index contributed by atoms with van der Waals surface area (Å²) >= 11 is 10.6. The molecule has 14 heavy (non-hydrogen) atoms. The number of aromatic nitrogens is 2. The molecule has 0 aromatic carbocycles. The zero-order valence-corrected chi connectivity index (χ0v) is 10.4. The normalized spacial score (nSPS) is 10.8. The zero-order valence-electron chi connectivity index (χ0n) is 7.25. The van der Waals surface area contributed by atoms with Gasteiger partial charge in [0, 0.05) is 0 Å². The predicted octanol–water partition coefficient (Wildman–Crippen LogP) is 3.61. The first-order chi connectivity index (χ1) is 6.70. The topological polar surface area (TPSA) is 38.9 Å². The van der Waals surface area contributed by atoms with Crippen LogP contribution in [0.4, 0.5) is 0 Å². The van der Waals surface area contributed by atoms with Crippen LogP contribution in [0.15, 0.2) is 14.4 Å². The van der Waals surface area contributed by atoms with Crippen molar-refractivity contribution in [2.45, 2.75) is 12.8 Å². The van der Waals surface area contributed by atoms with Gasteiger partial charge in [0.1, 0.15) is 0 Å². The van der Waals surface area contributed by atoms with Crippen molar-refractivity contribution in [1.82, 2.24) is 10.1 Å². The second-order valence-corrected chi connectivity index (χ2v) is 5.35. The van der Waals surface area contributed by atoms with Crippen molar-refractivity contribution in [1.29, 1.82) is 0 Å². The summed E-state index contributed by atoms with van der Waals surface area (Å²) < 4.78 is 6.14. The van der Waals surface area contributed by atoms with Gasteiger partial charge in [-0.1, -0.05) is 5.16 Å². The number of nitrogens with zero attached hydrogens (tertiary/aromatic N) is 2. The molecule has 6 heteroatoms. The number of rotatable bonds is 2. The second kappa shape index (κ2) is 4.00. The molecular weight excluding hydrogens is 288 g/mol. The van der Waals surface area contributed by atoms with Gasteiger partial charge in [0.05, 0.1) is 14.5 Å². The Bertz CT molecular complexity index is 434. The van der Waals surface area contributed by atoms with Gasteiger partial charge in [-0.15, -0.1) is 22.9 Å². The maximum atomic E-state index is 5.57. The zero-order chi connectivity index (χ0) is 10.1. The van der Waals surface area contributed by atoms with E-state index in [1.165, 1.54) is 0 Å². The number of hydrogen-bond acceptors (Lipinski definition) is 4. The third kappa shape index (κ3) is 1.85. The van der Waals surface area contributed by atoms with Crippen molar-refractivity contribution in [3.8, 4) is 10.8 Å². The number of thiophene rings is 1. The van der Waals surface area contributed by atoms with E-state index < -0.39 is 0 Å². The van der Waals surface area contributed by atoms with Crippen molar-refractivity contribution in [2.75, 3.05) is 0 Å². The van der Waals surface area contributed by atoms with E-state index in [1.807, 2.05) is 13.0 Å². The summed E-state index contributed by atoms with van der Waals surface area (Å²) in [5, 5.41) is 3.72. The van der Waals surface area contributed by atoms with Crippen molar-refractivity contribution in [2.24, 2.45) is 0 Å². The second-order valence-electron chi connectivity index (χ2n) is 2.72. The largest absolute Gasteiger partial charge is 0.333 e. The van der Waals surface area contributed by atoms with Crippen molar-refractivity contribution in [3.05, 3.63) is 21.2 Å². The van der Waals surface area contributed by atoms with E-state index in [9.17, 15) is 0 Å². The van der Waals surface area contributed by atoms with E-state index in [2.05, 4.69) is 26.1 Å². The molecule has 0 fully saturated rings. The van der Waals surface area contributed by atoms with Crippen LogP contribution in [0.3, 0.4) is 0 Å². The Labute approximate surface area is 98.2 Å². The Morgan fingerprint density at radius 1 is 1.64 bits per heavy atom. The monoisotopic (exact) mass is 292 g/mol. The minimum Gasteiger partial charge on any atom is -0.333 e. The average molecular weight is 294 g/mol. The Morgan fingerprint density at radius 3 is 2.93 bits per heavy atom. The van der Waals surface area contributed by atoms with E-state index in [1.54, 1.807) is 11.3 Å². The minimum absolute atomic E-state index is 0.273. The minimum atomic E-state index is 0.273. The van der Waals surface area contributed by atoms with Gasteiger partial charge < -0.3 is 4.52 Å². The van der Waals surface area contributed by atoms with Gasteiger partial charge in [0.25, 0.3) is 5.89 Å². The fourth-order valence-electron chi connectivity index (χ4n) is 0.974. The lowest BCUT2D eigenvalue weighted by Gasteiger charge is -1.82. The number of hydrogen-bond donors (Lipinski definition) is 0. The highest BCUT2D eigenvalue weighted by Crippen LogP contribution is 2.33. The van der Waals surface area contributed by atoms with Gasteiger partial charge >= 0.3 is 0 Å². The molecule has 0 saturated heterocycles. The molecular formula is C8H6BrClN2OS. The van der Waals surface area contributed by atoms with Gasteiger partial charge in [-0.2, -0.15) is 4.98 Å². The summed E-state index contributed by atoms with van der Waals surface area (Å²) in [6.45, 7) is 2.02. The lowest BCUT2D eigenvalue weighted by molar-refractivity contribution is 0.426. The molecule has 3 nitrogen and oxygen atoms in total. The summed E-state index contributed by atoms with van der Waals surface area (Å²) in [4.78, 5) is 5.09. The van der Waals surface area contributed by atoms with Gasteiger partial charge in [0.15, 0.2) is 5.82 Å². The molecule has 0 aliphatic carbocycles. The molecule has 0 bridgehead atoms. The predicted molar refractivity (Wildman–Crippen MR) is 59.6 cm³/mol. The molecule has 74 valence electrons. The summed E-state index contributed by atoms with van der Waals surface area (Å²) in [5.74, 6) is 1.32. The molecule has 0 atom stereocenters. The van der Waals surface area contributed by atoms with Crippen LogP contribution in [0.1, 0.15) is 11.4 Å². The number of halogens is 2. The van der Waals surface area contributed by atoms with Gasteiger partial charge in [0.2, 0.25) is 0 Å². The third-order valence-electron chi connectivity index (χ3n) is 1.66. The smallest absolute Gasteiger partial charge is 0.268 e. The fourth-order valence-corrected chi connectivity index (χ4v) is 2.54. The van der Waals surface area contributed by atoms with E-state index in [0.29, 0.717) is 11.7 Å². The maximum Gasteiger partial charge on any atom is 0.268 e. The van der Waals surface area contributed by atoms with Gasteiger partial charge in [-0.25, -0.2) is 0 Å². The standard InChI is InChI=1S/C8H6BrClN2OS/c1-4-2-5(14-7(4)9)8-11-6(3-10)12-13-8/h2H,3H2,1H3. The van der Waals surface area contributed by atoms with Crippen LogP contribution in [0.25, 0.3) is 10.8 Å². The van der Waals surface area contributed by atoms with Gasteiger partial charge in [-0.3, -0.25) is 0 Å². The van der Waals surface area contributed by atoms with Gasteiger partial charge in [-0.05, 0) is 34.5 Å². The van der Waals surface area contributed by atoms with Crippen LogP contribution < -0.4 is 0 Å². The molecule has 0 N–H and O–H groups in total. The first-order valence-electron chi connectivity index (χ1n) is 3.85.